The summed E-state index contributed by atoms with van der Waals surface area (Å²) in [6, 6.07) is 0. The van der Waals surface area contributed by atoms with Gasteiger partial charge in [-0.05, 0) is 44.3 Å². The molecule has 88 valence electrons. The fraction of sp³-hybridized carbons (Fsp3) is 1.00. The van der Waals surface area contributed by atoms with E-state index in [4.69, 9.17) is 4.74 Å². The average molecular weight is 212 g/mol. The second kappa shape index (κ2) is 5.28. The van der Waals surface area contributed by atoms with E-state index in [0.717, 1.165) is 18.4 Å². The van der Waals surface area contributed by atoms with Gasteiger partial charge in [0.25, 0.3) is 0 Å². The average Bonchev–Trinajstić information content (AvgIpc) is 2.65. The standard InChI is InChI=1S/C12H24N2O/c1-10-6-13-7-11(10)8-14-5-3-4-12(9-14)15-2/h10-13H,3-9H2,1-2H3/t10-,11+,12?/m1/s1. The third-order valence-corrected chi connectivity index (χ3v) is 3.97. The smallest absolute Gasteiger partial charge is 0.0698 e. The van der Waals surface area contributed by atoms with Crippen molar-refractivity contribution in [2.45, 2.75) is 25.9 Å². The van der Waals surface area contributed by atoms with E-state index in [1.165, 1.54) is 39.0 Å². The first-order chi connectivity index (χ1) is 7.29. The summed E-state index contributed by atoms with van der Waals surface area (Å²) in [5.74, 6) is 1.69. The molecule has 3 heteroatoms. The third kappa shape index (κ3) is 2.92. The van der Waals surface area contributed by atoms with Crippen molar-refractivity contribution in [3.8, 4) is 0 Å². The molecule has 3 nitrogen and oxygen atoms in total. The molecular formula is C12H24N2O. The minimum absolute atomic E-state index is 0.475. The number of ether oxygens (including phenoxy) is 1. The van der Waals surface area contributed by atoms with Gasteiger partial charge in [-0.1, -0.05) is 6.92 Å². The zero-order valence-electron chi connectivity index (χ0n) is 10.0. The predicted octanol–water partition coefficient (Wildman–Crippen LogP) is 0.953. The van der Waals surface area contributed by atoms with E-state index in [9.17, 15) is 0 Å². The number of rotatable bonds is 3. The van der Waals surface area contributed by atoms with Crippen molar-refractivity contribution < 1.29 is 4.74 Å². The molecule has 0 aromatic rings. The molecule has 2 fully saturated rings. The van der Waals surface area contributed by atoms with Crippen LogP contribution in [0.4, 0.5) is 0 Å². The van der Waals surface area contributed by atoms with Gasteiger partial charge in [-0.15, -0.1) is 0 Å². The van der Waals surface area contributed by atoms with Crippen LogP contribution in [-0.4, -0.2) is 50.8 Å². The van der Waals surface area contributed by atoms with Gasteiger partial charge >= 0.3 is 0 Å². The van der Waals surface area contributed by atoms with E-state index in [0.29, 0.717) is 6.10 Å². The van der Waals surface area contributed by atoms with Crippen LogP contribution in [0.5, 0.6) is 0 Å². The Morgan fingerprint density at radius 1 is 1.40 bits per heavy atom. The maximum absolute atomic E-state index is 5.46. The quantitative estimate of drug-likeness (QED) is 0.754. The fourth-order valence-electron chi connectivity index (χ4n) is 2.81. The Labute approximate surface area is 93.2 Å². The highest BCUT2D eigenvalue weighted by atomic mass is 16.5. The van der Waals surface area contributed by atoms with Crippen LogP contribution in [-0.2, 0) is 4.74 Å². The van der Waals surface area contributed by atoms with Gasteiger partial charge in [0.15, 0.2) is 0 Å². The molecule has 2 aliphatic rings. The molecule has 1 N–H and O–H groups in total. The van der Waals surface area contributed by atoms with Gasteiger partial charge in [-0.25, -0.2) is 0 Å². The Hall–Kier alpha value is -0.120. The predicted molar refractivity (Wildman–Crippen MR) is 62.0 cm³/mol. The van der Waals surface area contributed by atoms with Crippen LogP contribution >= 0.6 is 0 Å². The third-order valence-electron chi connectivity index (χ3n) is 3.97. The lowest BCUT2D eigenvalue weighted by molar-refractivity contribution is 0.0249. The van der Waals surface area contributed by atoms with Crippen LogP contribution < -0.4 is 5.32 Å². The molecule has 2 heterocycles. The molecule has 2 rings (SSSR count). The zero-order chi connectivity index (χ0) is 10.7. The van der Waals surface area contributed by atoms with E-state index >= 15 is 0 Å². The molecule has 0 spiro atoms. The Balaban J connectivity index is 1.78. The lowest BCUT2D eigenvalue weighted by Gasteiger charge is -2.34. The number of likely N-dealkylation sites (tertiary alicyclic amines) is 1. The van der Waals surface area contributed by atoms with Crippen molar-refractivity contribution in [2.75, 3.05) is 39.8 Å². The first kappa shape index (κ1) is 11.4. The highest BCUT2D eigenvalue weighted by Crippen LogP contribution is 2.20. The van der Waals surface area contributed by atoms with E-state index in [1.54, 1.807) is 0 Å². The van der Waals surface area contributed by atoms with E-state index in [-0.39, 0.29) is 0 Å². The summed E-state index contributed by atoms with van der Waals surface area (Å²) in [6.07, 6.45) is 3.02. The van der Waals surface area contributed by atoms with E-state index < -0.39 is 0 Å². The monoisotopic (exact) mass is 212 g/mol. The number of piperidine rings is 1. The Bertz CT molecular complexity index is 198. The second-order valence-corrected chi connectivity index (χ2v) is 5.16. The number of methoxy groups -OCH3 is 1. The molecular weight excluding hydrogens is 188 g/mol. The summed E-state index contributed by atoms with van der Waals surface area (Å²) in [5, 5.41) is 3.48. The van der Waals surface area contributed by atoms with Crippen molar-refractivity contribution in [1.82, 2.24) is 10.2 Å². The van der Waals surface area contributed by atoms with Crippen LogP contribution in [0.25, 0.3) is 0 Å². The lowest BCUT2D eigenvalue weighted by Crippen LogP contribution is -2.42. The van der Waals surface area contributed by atoms with Gasteiger partial charge in [0, 0.05) is 20.2 Å². The first-order valence-electron chi connectivity index (χ1n) is 6.25. The van der Waals surface area contributed by atoms with Gasteiger partial charge in [-0.2, -0.15) is 0 Å². The molecule has 0 aromatic carbocycles. The maximum atomic E-state index is 5.46. The Morgan fingerprint density at radius 3 is 2.93 bits per heavy atom. The Morgan fingerprint density at radius 2 is 2.27 bits per heavy atom. The molecule has 0 bridgehead atoms. The number of hydrogen-bond acceptors (Lipinski definition) is 3. The number of nitrogens with zero attached hydrogens (tertiary/aromatic N) is 1. The highest BCUT2D eigenvalue weighted by Gasteiger charge is 2.27. The molecule has 0 aliphatic carbocycles. The molecule has 0 amide bonds. The topological polar surface area (TPSA) is 24.5 Å². The summed E-state index contributed by atoms with van der Waals surface area (Å²) in [6.45, 7) is 8.43. The molecule has 1 unspecified atom stereocenters. The van der Waals surface area contributed by atoms with Crippen LogP contribution in [0.15, 0.2) is 0 Å². The molecule has 0 aromatic heterocycles. The minimum Gasteiger partial charge on any atom is -0.380 e. The molecule has 2 saturated heterocycles. The normalized spacial score (nSPS) is 38.4. The fourth-order valence-corrected chi connectivity index (χ4v) is 2.81. The summed E-state index contributed by atoms with van der Waals surface area (Å²) < 4.78 is 5.46. The number of nitrogens with one attached hydrogen (secondary N) is 1. The molecule has 0 radical (unpaired) electrons. The second-order valence-electron chi connectivity index (χ2n) is 5.16. The Kier molecular flexibility index (Phi) is 4.00. The van der Waals surface area contributed by atoms with Crippen molar-refractivity contribution in [3.63, 3.8) is 0 Å². The van der Waals surface area contributed by atoms with Crippen LogP contribution in [0.1, 0.15) is 19.8 Å². The molecule has 0 saturated carbocycles. The van der Waals surface area contributed by atoms with Gasteiger partial charge in [0.1, 0.15) is 0 Å². The van der Waals surface area contributed by atoms with E-state index in [2.05, 4.69) is 17.1 Å². The molecule has 2 aliphatic heterocycles. The largest absolute Gasteiger partial charge is 0.380 e. The van der Waals surface area contributed by atoms with Gasteiger partial charge in [0.05, 0.1) is 6.10 Å². The van der Waals surface area contributed by atoms with Crippen molar-refractivity contribution in [2.24, 2.45) is 11.8 Å². The van der Waals surface area contributed by atoms with Crippen molar-refractivity contribution >= 4 is 0 Å². The SMILES string of the molecule is COC1CCCN(C[C@@H]2CNC[C@H]2C)C1. The van der Waals surface area contributed by atoms with Gasteiger partial charge < -0.3 is 15.0 Å². The van der Waals surface area contributed by atoms with Crippen LogP contribution in [0.2, 0.25) is 0 Å². The van der Waals surface area contributed by atoms with Gasteiger partial charge in [-0.3, -0.25) is 0 Å². The van der Waals surface area contributed by atoms with Crippen molar-refractivity contribution in [3.05, 3.63) is 0 Å². The summed E-state index contributed by atoms with van der Waals surface area (Å²) >= 11 is 0. The molecule has 15 heavy (non-hydrogen) atoms. The summed E-state index contributed by atoms with van der Waals surface area (Å²) in [7, 11) is 1.84. The molecule has 3 atom stereocenters. The van der Waals surface area contributed by atoms with Crippen LogP contribution in [0.3, 0.4) is 0 Å². The lowest BCUT2D eigenvalue weighted by atomic mass is 9.96. The maximum Gasteiger partial charge on any atom is 0.0698 e. The summed E-state index contributed by atoms with van der Waals surface area (Å²) in [4.78, 5) is 2.59. The van der Waals surface area contributed by atoms with E-state index in [1.807, 2.05) is 7.11 Å². The summed E-state index contributed by atoms with van der Waals surface area (Å²) in [5.41, 5.74) is 0. The van der Waals surface area contributed by atoms with Crippen LogP contribution in [0, 0.1) is 11.8 Å². The number of hydrogen-bond donors (Lipinski definition) is 1. The van der Waals surface area contributed by atoms with Crippen molar-refractivity contribution in [1.29, 1.82) is 0 Å². The first-order valence-corrected chi connectivity index (χ1v) is 6.25. The van der Waals surface area contributed by atoms with Gasteiger partial charge in [0.2, 0.25) is 0 Å². The minimum atomic E-state index is 0.475. The highest BCUT2D eigenvalue weighted by molar-refractivity contribution is 4.83. The zero-order valence-corrected chi connectivity index (χ0v) is 10.0.